The lowest BCUT2D eigenvalue weighted by atomic mass is 9.69. The monoisotopic (exact) mass is 485 g/mol. The Morgan fingerprint density at radius 1 is 1.17 bits per heavy atom. The van der Waals surface area contributed by atoms with E-state index in [1.165, 1.54) is 14.2 Å². The summed E-state index contributed by atoms with van der Waals surface area (Å²) in [4.78, 5) is 39.8. The van der Waals surface area contributed by atoms with Crippen LogP contribution < -0.4 is 14.8 Å². The molecule has 1 aromatic rings. The summed E-state index contributed by atoms with van der Waals surface area (Å²) in [5.41, 5.74) is 2.71. The first-order chi connectivity index (χ1) is 16.7. The van der Waals surface area contributed by atoms with Gasteiger partial charge in [-0.15, -0.1) is 0 Å². The minimum Gasteiger partial charge on any atom is -0.493 e. The van der Waals surface area contributed by atoms with Gasteiger partial charge >= 0.3 is 11.9 Å². The maximum Gasteiger partial charge on any atom is 0.337 e. The Balaban J connectivity index is 2.20. The van der Waals surface area contributed by atoms with E-state index in [1.807, 2.05) is 33.8 Å². The Morgan fingerprint density at radius 2 is 1.89 bits per heavy atom. The number of hydrogen-bond donors (Lipinski definition) is 1. The number of ether oxygens (including phenoxy) is 4. The molecule has 0 spiro atoms. The molecule has 8 nitrogen and oxygen atoms in total. The van der Waals surface area contributed by atoms with E-state index in [0.29, 0.717) is 59.1 Å². The number of methoxy groups -OCH3 is 2. The van der Waals surface area contributed by atoms with Gasteiger partial charge in [0.2, 0.25) is 0 Å². The number of hydrogen-bond acceptors (Lipinski definition) is 8. The van der Waals surface area contributed by atoms with Crippen LogP contribution in [0.3, 0.4) is 0 Å². The van der Waals surface area contributed by atoms with Gasteiger partial charge in [0, 0.05) is 22.9 Å². The van der Waals surface area contributed by atoms with Crippen molar-refractivity contribution in [2.75, 3.05) is 20.8 Å². The predicted molar refractivity (Wildman–Crippen MR) is 130 cm³/mol. The van der Waals surface area contributed by atoms with E-state index < -0.39 is 23.8 Å². The summed E-state index contributed by atoms with van der Waals surface area (Å²) in [6, 6.07) is 5.35. The minimum absolute atomic E-state index is 0.252. The van der Waals surface area contributed by atoms with Gasteiger partial charge < -0.3 is 24.3 Å². The van der Waals surface area contributed by atoms with Crippen LogP contribution in [0.15, 0.2) is 40.7 Å². The van der Waals surface area contributed by atoms with Gasteiger partial charge in [-0.05, 0) is 57.2 Å². The van der Waals surface area contributed by atoms with Crippen molar-refractivity contribution in [2.24, 2.45) is 11.8 Å². The highest BCUT2D eigenvalue weighted by Crippen LogP contribution is 2.47. The molecule has 2 aliphatic rings. The summed E-state index contributed by atoms with van der Waals surface area (Å²) in [7, 11) is 2.81. The second-order valence-corrected chi connectivity index (χ2v) is 9.00. The van der Waals surface area contributed by atoms with Crippen LogP contribution in [0.25, 0.3) is 0 Å². The number of nitrogens with one attached hydrogen (secondary N) is 1. The van der Waals surface area contributed by atoms with Gasteiger partial charge in [0.1, 0.15) is 5.92 Å². The maximum atomic E-state index is 13.8. The Hall–Kier alpha value is -3.29. The van der Waals surface area contributed by atoms with Crippen LogP contribution in [-0.2, 0) is 23.9 Å². The van der Waals surface area contributed by atoms with Crippen LogP contribution >= 0.6 is 0 Å². The van der Waals surface area contributed by atoms with E-state index >= 15 is 0 Å². The average molecular weight is 486 g/mol. The molecule has 0 aromatic heterocycles. The maximum absolute atomic E-state index is 13.8. The van der Waals surface area contributed by atoms with Gasteiger partial charge in [-0.3, -0.25) is 9.59 Å². The lowest BCUT2D eigenvalue weighted by Crippen LogP contribution is -2.43. The van der Waals surface area contributed by atoms with Crippen molar-refractivity contribution in [3.8, 4) is 11.5 Å². The molecule has 1 N–H and O–H groups in total. The fourth-order valence-electron chi connectivity index (χ4n) is 4.75. The van der Waals surface area contributed by atoms with Crippen LogP contribution in [0.1, 0.15) is 58.9 Å². The predicted octanol–water partition coefficient (Wildman–Crippen LogP) is 4.05. The van der Waals surface area contributed by atoms with Crippen molar-refractivity contribution < 1.29 is 33.3 Å². The lowest BCUT2D eigenvalue weighted by molar-refractivity contribution is -0.151. The van der Waals surface area contributed by atoms with E-state index in [2.05, 4.69) is 5.32 Å². The Labute approximate surface area is 206 Å². The number of carbonyl (C=O) groups is 3. The average Bonchev–Trinajstić information content (AvgIpc) is 2.83. The molecule has 1 aromatic carbocycles. The molecule has 0 radical (unpaired) electrons. The largest absolute Gasteiger partial charge is 0.493 e. The Kier molecular flexibility index (Phi) is 8.25. The summed E-state index contributed by atoms with van der Waals surface area (Å²) in [5.74, 6) is -2.32. The van der Waals surface area contributed by atoms with Crippen LogP contribution in [-0.4, -0.2) is 44.7 Å². The number of Topliss-reactive ketones (excluding diaryl/α,β-unsaturated/α-hetero) is 1. The molecule has 8 heteroatoms. The second kappa shape index (κ2) is 11.0. The molecule has 4 atom stereocenters. The van der Waals surface area contributed by atoms with Gasteiger partial charge in [0.05, 0.1) is 32.5 Å². The number of dihydropyridines is 1. The highest BCUT2D eigenvalue weighted by Gasteiger charge is 2.47. The lowest BCUT2D eigenvalue weighted by Gasteiger charge is -2.38. The first-order valence-electron chi connectivity index (χ1n) is 12.0. The molecule has 0 saturated heterocycles. The second-order valence-electron chi connectivity index (χ2n) is 9.00. The van der Waals surface area contributed by atoms with Crippen LogP contribution in [0.4, 0.5) is 0 Å². The molecule has 0 bridgehead atoms. The molecule has 1 aliphatic carbocycles. The number of rotatable bonds is 8. The smallest absolute Gasteiger partial charge is 0.337 e. The van der Waals surface area contributed by atoms with Crippen LogP contribution in [0.5, 0.6) is 11.5 Å². The molecule has 0 unspecified atom stereocenters. The molecule has 1 aliphatic heterocycles. The topological polar surface area (TPSA) is 100 Å². The SMILES string of the molecule is CCOc1ccc([C@@H]2C(C(=O)O[C@H](C)CC)=C(C)NC3=C2C(=O)[C@@H](C(=O)OC)[C@@H](C)C3)cc1OC. The normalized spacial score (nSPS) is 22.7. The highest BCUT2D eigenvalue weighted by atomic mass is 16.5. The third-order valence-corrected chi connectivity index (χ3v) is 6.67. The summed E-state index contributed by atoms with van der Waals surface area (Å²) in [6.07, 6.45) is 0.830. The number of esters is 2. The first kappa shape index (κ1) is 26.3. The fraction of sp³-hybridized carbons (Fsp3) is 0.519. The van der Waals surface area contributed by atoms with Crippen molar-refractivity contribution in [2.45, 2.75) is 59.5 Å². The first-order valence-corrected chi connectivity index (χ1v) is 12.0. The number of allylic oxidation sites excluding steroid dienone is 3. The quantitative estimate of drug-likeness (QED) is 0.435. The third kappa shape index (κ3) is 5.06. The van der Waals surface area contributed by atoms with Gasteiger partial charge in [0.15, 0.2) is 17.3 Å². The molecule has 0 saturated carbocycles. The van der Waals surface area contributed by atoms with Crippen LogP contribution in [0.2, 0.25) is 0 Å². The Morgan fingerprint density at radius 3 is 2.49 bits per heavy atom. The molecular weight excluding hydrogens is 450 g/mol. The molecule has 35 heavy (non-hydrogen) atoms. The summed E-state index contributed by atoms with van der Waals surface area (Å²) >= 11 is 0. The number of carbonyl (C=O) groups excluding carboxylic acids is 3. The molecular formula is C27H35NO7. The van der Waals surface area contributed by atoms with Crippen LogP contribution in [0, 0.1) is 11.8 Å². The summed E-state index contributed by atoms with van der Waals surface area (Å²) in [6.45, 7) is 9.75. The molecule has 190 valence electrons. The van der Waals surface area contributed by atoms with Crippen molar-refractivity contribution in [1.82, 2.24) is 5.32 Å². The van der Waals surface area contributed by atoms with Crippen molar-refractivity contribution in [3.05, 3.63) is 46.3 Å². The zero-order valence-electron chi connectivity index (χ0n) is 21.5. The third-order valence-electron chi connectivity index (χ3n) is 6.67. The van der Waals surface area contributed by atoms with E-state index in [-0.39, 0.29) is 17.8 Å². The minimum atomic E-state index is -0.946. The standard InChI is InChI=1S/C27H35NO7/c1-8-15(4)35-27(31)22-16(5)28-18-12-14(3)21(26(30)33-7)25(29)24(18)23(22)17-10-11-19(34-9-2)20(13-17)32-6/h10-11,13-15,21,23,28H,8-9,12H2,1-7H3/t14-,15+,21-,23+/m0/s1. The summed E-state index contributed by atoms with van der Waals surface area (Å²) < 4.78 is 21.8. The van der Waals surface area contributed by atoms with Crippen molar-refractivity contribution in [3.63, 3.8) is 0 Å². The molecule has 3 rings (SSSR count). The fourth-order valence-corrected chi connectivity index (χ4v) is 4.75. The summed E-state index contributed by atoms with van der Waals surface area (Å²) in [5, 5.41) is 3.27. The van der Waals surface area contributed by atoms with Crippen molar-refractivity contribution >= 4 is 17.7 Å². The van der Waals surface area contributed by atoms with Gasteiger partial charge in [0.25, 0.3) is 0 Å². The van der Waals surface area contributed by atoms with Gasteiger partial charge in [-0.2, -0.15) is 0 Å². The number of ketones is 1. The zero-order valence-corrected chi connectivity index (χ0v) is 21.5. The van der Waals surface area contributed by atoms with E-state index in [0.717, 1.165) is 0 Å². The highest BCUT2D eigenvalue weighted by molar-refractivity contribution is 6.12. The van der Waals surface area contributed by atoms with E-state index in [9.17, 15) is 14.4 Å². The molecule has 1 heterocycles. The van der Waals surface area contributed by atoms with E-state index in [1.54, 1.807) is 19.1 Å². The molecule has 0 fully saturated rings. The van der Waals surface area contributed by atoms with Gasteiger partial charge in [-0.25, -0.2) is 4.79 Å². The van der Waals surface area contributed by atoms with E-state index in [4.69, 9.17) is 18.9 Å². The zero-order chi connectivity index (χ0) is 25.9. The van der Waals surface area contributed by atoms with Gasteiger partial charge in [-0.1, -0.05) is 19.9 Å². The number of benzene rings is 1. The Bertz CT molecular complexity index is 1070. The molecule has 0 amide bonds. The van der Waals surface area contributed by atoms with Crippen molar-refractivity contribution in [1.29, 1.82) is 0 Å².